The zero-order chi connectivity index (χ0) is 16.1. The molecule has 0 bridgehead atoms. The molecule has 22 heavy (non-hydrogen) atoms. The predicted molar refractivity (Wildman–Crippen MR) is 81.5 cm³/mol. The first kappa shape index (κ1) is 16.0. The summed E-state index contributed by atoms with van der Waals surface area (Å²) in [5, 5.41) is 5.39. The zero-order valence-electron chi connectivity index (χ0n) is 11.6. The lowest BCUT2D eigenvalue weighted by Gasteiger charge is -2.12. The largest absolute Gasteiger partial charge is 0.495 e. The van der Waals surface area contributed by atoms with Gasteiger partial charge in [-0.1, -0.05) is 17.7 Å². The van der Waals surface area contributed by atoms with Crippen LogP contribution in [0, 0.1) is 11.6 Å². The second kappa shape index (κ2) is 7.09. The third-order valence-electron chi connectivity index (χ3n) is 2.82. The second-order valence-electron chi connectivity index (χ2n) is 4.34. The first-order valence-corrected chi connectivity index (χ1v) is 6.70. The quantitative estimate of drug-likeness (QED) is 0.881. The van der Waals surface area contributed by atoms with Crippen LogP contribution in [0.4, 0.5) is 20.2 Å². The van der Waals surface area contributed by atoms with E-state index in [1.807, 2.05) is 0 Å². The van der Waals surface area contributed by atoms with E-state index in [1.54, 1.807) is 12.1 Å². The molecule has 2 aromatic carbocycles. The molecular weight excluding hydrogens is 314 g/mol. The second-order valence-corrected chi connectivity index (χ2v) is 4.78. The van der Waals surface area contributed by atoms with Crippen LogP contribution in [-0.4, -0.2) is 19.6 Å². The minimum atomic E-state index is -0.770. The molecule has 1 amide bonds. The average Bonchev–Trinajstić information content (AvgIpc) is 2.47. The average molecular weight is 327 g/mol. The Morgan fingerprint density at radius 3 is 2.55 bits per heavy atom. The van der Waals surface area contributed by atoms with E-state index in [1.165, 1.54) is 19.2 Å². The molecule has 0 aliphatic rings. The van der Waals surface area contributed by atoms with Crippen LogP contribution in [0.25, 0.3) is 0 Å². The normalized spacial score (nSPS) is 10.2. The van der Waals surface area contributed by atoms with Gasteiger partial charge in [0.15, 0.2) is 0 Å². The number of benzene rings is 2. The predicted octanol–water partition coefficient (Wildman–Crippen LogP) is 3.68. The number of anilines is 2. The third-order valence-corrected chi connectivity index (χ3v) is 3.06. The van der Waals surface area contributed by atoms with Gasteiger partial charge in [0.25, 0.3) is 0 Å². The number of carbonyl (C=O) groups excluding carboxylic acids is 1. The van der Waals surface area contributed by atoms with E-state index >= 15 is 0 Å². The first-order chi connectivity index (χ1) is 10.5. The van der Waals surface area contributed by atoms with E-state index in [2.05, 4.69) is 10.6 Å². The Bertz CT molecular complexity index is 675. The van der Waals surface area contributed by atoms with Crippen molar-refractivity contribution in [2.75, 3.05) is 24.3 Å². The maximum absolute atomic E-state index is 13.4. The summed E-state index contributed by atoms with van der Waals surface area (Å²) in [7, 11) is 1.45. The van der Waals surface area contributed by atoms with Crippen LogP contribution in [0.2, 0.25) is 5.02 Å². The Hall–Kier alpha value is -2.34. The number of hydrogen-bond acceptors (Lipinski definition) is 3. The van der Waals surface area contributed by atoms with Gasteiger partial charge in [0, 0.05) is 5.02 Å². The van der Waals surface area contributed by atoms with Gasteiger partial charge in [0.2, 0.25) is 5.91 Å². The minimum Gasteiger partial charge on any atom is -0.495 e. The number of hydrogen-bond donors (Lipinski definition) is 2. The monoisotopic (exact) mass is 326 g/mol. The highest BCUT2D eigenvalue weighted by molar-refractivity contribution is 6.31. The molecule has 116 valence electrons. The molecule has 0 heterocycles. The summed E-state index contributed by atoms with van der Waals surface area (Å²) < 4.78 is 31.9. The van der Waals surface area contributed by atoms with Crippen molar-refractivity contribution in [2.45, 2.75) is 0 Å². The standard InChI is InChI=1S/C15H13ClF2N2O2/c1-22-13-6-5-9(16)7-12(13)20-14(21)8-19-15-10(17)3-2-4-11(15)18/h2-7,19H,8H2,1H3,(H,20,21). The van der Waals surface area contributed by atoms with Gasteiger partial charge in [0.05, 0.1) is 19.3 Å². The Kier molecular flexibility index (Phi) is 5.16. The van der Waals surface area contributed by atoms with Crippen LogP contribution in [0.3, 0.4) is 0 Å². The van der Waals surface area contributed by atoms with Gasteiger partial charge in [-0.15, -0.1) is 0 Å². The van der Waals surface area contributed by atoms with Crippen molar-refractivity contribution < 1.29 is 18.3 Å². The molecule has 2 N–H and O–H groups in total. The third kappa shape index (κ3) is 3.85. The van der Waals surface area contributed by atoms with Crippen LogP contribution < -0.4 is 15.4 Å². The molecule has 0 saturated carbocycles. The number of halogens is 3. The fourth-order valence-electron chi connectivity index (χ4n) is 1.81. The first-order valence-electron chi connectivity index (χ1n) is 6.32. The van der Waals surface area contributed by atoms with Gasteiger partial charge in [-0.3, -0.25) is 4.79 Å². The van der Waals surface area contributed by atoms with Crippen LogP contribution in [0.5, 0.6) is 5.75 Å². The number of ether oxygens (including phenoxy) is 1. The summed E-state index contributed by atoms with van der Waals surface area (Å²) in [6.45, 7) is -0.312. The molecule has 0 saturated heterocycles. The summed E-state index contributed by atoms with van der Waals surface area (Å²) in [6, 6.07) is 8.17. The van der Waals surface area contributed by atoms with Crippen molar-refractivity contribution in [2.24, 2.45) is 0 Å². The number of rotatable bonds is 5. The highest BCUT2D eigenvalue weighted by atomic mass is 35.5. The van der Waals surface area contributed by atoms with E-state index in [-0.39, 0.29) is 12.2 Å². The topological polar surface area (TPSA) is 50.4 Å². The van der Waals surface area contributed by atoms with Gasteiger partial charge in [-0.05, 0) is 30.3 Å². The van der Waals surface area contributed by atoms with Gasteiger partial charge in [0.1, 0.15) is 23.1 Å². The van der Waals surface area contributed by atoms with Crippen LogP contribution >= 0.6 is 11.6 Å². The highest BCUT2D eigenvalue weighted by Gasteiger charge is 2.11. The molecule has 0 aromatic heterocycles. The smallest absolute Gasteiger partial charge is 0.243 e. The molecule has 0 radical (unpaired) electrons. The molecule has 0 atom stereocenters. The van der Waals surface area contributed by atoms with Crippen LogP contribution in [0.1, 0.15) is 0 Å². The van der Waals surface area contributed by atoms with Crippen molar-refractivity contribution in [1.29, 1.82) is 0 Å². The van der Waals surface area contributed by atoms with Crippen molar-refractivity contribution in [3.8, 4) is 5.75 Å². The molecule has 4 nitrogen and oxygen atoms in total. The van der Waals surface area contributed by atoms with Gasteiger partial charge >= 0.3 is 0 Å². The molecule has 2 rings (SSSR count). The lowest BCUT2D eigenvalue weighted by atomic mass is 10.2. The van der Waals surface area contributed by atoms with Crippen molar-refractivity contribution in [3.05, 3.63) is 53.1 Å². The number of amides is 1. The number of carbonyl (C=O) groups is 1. The summed E-state index contributed by atoms with van der Waals surface area (Å²) in [4.78, 5) is 11.9. The summed E-state index contributed by atoms with van der Waals surface area (Å²) in [5.74, 6) is -1.61. The molecule has 0 spiro atoms. The number of nitrogens with one attached hydrogen (secondary N) is 2. The Morgan fingerprint density at radius 2 is 1.91 bits per heavy atom. The van der Waals surface area contributed by atoms with E-state index < -0.39 is 17.5 Å². The van der Waals surface area contributed by atoms with Gasteiger partial charge < -0.3 is 15.4 Å². The maximum atomic E-state index is 13.4. The molecule has 2 aromatic rings. The highest BCUT2D eigenvalue weighted by Crippen LogP contribution is 2.27. The van der Waals surface area contributed by atoms with Gasteiger partial charge in [-0.25, -0.2) is 8.78 Å². The van der Waals surface area contributed by atoms with E-state index in [0.29, 0.717) is 16.5 Å². The molecule has 0 fully saturated rings. The fraction of sp³-hybridized carbons (Fsp3) is 0.133. The summed E-state index contributed by atoms with van der Waals surface area (Å²) in [6.07, 6.45) is 0. The Balaban J connectivity index is 2.03. The minimum absolute atomic E-state index is 0.312. The Labute approximate surface area is 131 Å². The zero-order valence-corrected chi connectivity index (χ0v) is 12.4. The fourth-order valence-corrected chi connectivity index (χ4v) is 1.98. The maximum Gasteiger partial charge on any atom is 0.243 e. The van der Waals surface area contributed by atoms with E-state index in [9.17, 15) is 13.6 Å². The van der Waals surface area contributed by atoms with E-state index in [4.69, 9.17) is 16.3 Å². The summed E-state index contributed by atoms with van der Waals surface area (Å²) in [5.41, 5.74) is 0.0199. The molecule has 7 heteroatoms. The molecule has 0 unspecified atom stereocenters. The van der Waals surface area contributed by atoms with Crippen LogP contribution in [-0.2, 0) is 4.79 Å². The summed E-state index contributed by atoms with van der Waals surface area (Å²) >= 11 is 5.85. The van der Waals surface area contributed by atoms with Gasteiger partial charge in [-0.2, -0.15) is 0 Å². The number of methoxy groups -OCH3 is 1. The lowest BCUT2D eigenvalue weighted by Crippen LogP contribution is -2.23. The molecule has 0 aliphatic carbocycles. The number of para-hydroxylation sites is 1. The van der Waals surface area contributed by atoms with Crippen LogP contribution in [0.15, 0.2) is 36.4 Å². The van der Waals surface area contributed by atoms with Crippen molar-refractivity contribution in [1.82, 2.24) is 0 Å². The van der Waals surface area contributed by atoms with Crippen molar-refractivity contribution >= 4 is 28.9 Å². The van der Waals surface area contributed by atoms with E-state index in [0.717, 1.165) is 12.1 Å². The molecular formula is C15H13ClF2N2O2. The lowest BCUT2D eigenvalue weighted by molar-refractivity contribution is -0.114. The molecule has 0 aliphatic heterocycles. The SMILES string of the molecule is COc1ccc(Cl)cc1NC(=O)CNc1c(F)cccc1F. The van der Waals surface area contributed by atoms with Crippen molar-refractivity contribution in [3.63, 3.8) is 0 Å². The Morgan fingerprint density at radius 1 is 1.23 bits per heavy atom.